The van der Waals surface area contributed by atoms with E-state index in [0.717, 1.165) is 21.7 Å². The molecule has 0 aliphatic rings. The summed E-state index contributed by atoms with van der Waals surface area (Å²) >= 11 is 1.56. The van der Waals surface area contributed by atoms with E-state index < -0.39 is 0 Å². The molecule has 0 spiro atoms. The van der Waals surface area contributed by atoms with E-state index in [4.69, 9.17) is 0 Å². The number of amides is 2. The van der Waals surface area contributed by atoms with Gasteiger partial charge in [0.2, 0.25) is 5.91 Å². The van der Waals surface area contributed by atoms with Crippen molar-refractivity contribution in [2.24, 2.45) is 0 Å². The third-order valence-corrected chi connectivity index (χ3v) is 5.15. The van der Waals surface area contributed by atoms with Crippen LogP contribution in [0.25, 0.3) is 11.1 Å². The summed E-state index contributed by atoms with van der Waals surface area (Å²) in [6.45, 7) is -0.0231. The van der Waals surface area contributed by atoms with Gasteiger partial charge in [0.1, 0.15) is 0 Å². The van der Waals surface area contributed by atoms with Crippen LogP contribution in [0.1, 0.15) is 10.4 Å². The number of hydrogen-bond acceptors (Lipinski definition) is 3. The predicted octanol–water partition coefficient (Wildman–Crippen LogP) is 4.79. The molecule has 0 saturated carbocycles. The first kappa shape index (κ1) is 19.7. The van der Waals surface area contributed by atoms with Gasteiger partial charge in [0, 0.05) is 17.5 Å². The van der Waals surface area contributed by atoms with Crippen molar-refractivity contribution in [3.05, 3.63) is 84.4 Å². The largest absolute Gasteiger partial charge is 0.332 e. The molecule has 0 aromatic heterocycles. The SMILES string of the molecule is CSc1ccccc1NC(=O)CN(C)C(=O)c1ccccc1-c1ccccc1. The molecule has 4 nitrogen and oxygen atoms in total. The number of para-hydroxylation sites is 1. The van der Waals surface area contributed by atoms with Crippen LogP contribution in [-0.4, -0.2) is 36.6 Å². The molecule has 0 aliphatic carbocycles. The standard InChI is InChI=1S/C23H22N2O2S/c1-25(16-22(26)24-20-14-8-9-15-21(20)28-2)23(27)19-13-7-6-12-18(19)17-10-4-3-5-11-17/h3-15H,16H2,1-2H3,(H,24,26). The zero-order valence-electron chi connectivity index (χ0n) is 15.9. The number of thioether (sulfide) groups is 1. The second-order valence-corrected chi connectivity index (χ2v) is 7.17. The zero-order chi connectivity index (χ0) is 19.9. The van der Waals surface area contributed by atoms with Crippen molar-refractivity contribution in [3.8, 4) is 11.1 Å². The summed E-state index contributed by atoms with van der Waals surface area (Å²) in [7, 11) is 1.64. The van der Waals surface area contributed by atoms with Crippen molar-refractivity contribution in [1.29, 1.82) is 0 Å². The highest BCUT2D eigenvalue weighted by molar-refractivity contribution is 7.98. The highest BCUT2D eigenvalue weighted by Gasteiger charge is 2.19. The summed E-state index contributed by atoms with van der Waals surface area (Å²) in [5, 5.41) is 2.89. The van der Waals surface area contributed by atoms with Crippen LogP contribution < -0.4 is 5.32 Å². The number of benzene rings is 3. The van der Waals surface area contributed by atoms with E-state index in [2.05, 4.69) is 5.32 Å². The minimum atomic E-state index is -0.227. The van der Waals surface area contributed by atoms with Crippen LogP contribution in [0.5, 0.6) is 0 Å². The number of anilines is 1. The van der Waals surface area contributed by atoms with Crippen molar-refractivity contribution in [2.75, 3.05) is 25.2 Å². The predicted molar refractivity (Wildman–Crippen MR) is 116 cm³/mol. The van der Waals surface area contributed by atoms with Gasteiger partial charge in [0.05, 0.1) is 12.2 Å². The second-order valence-electron chi connectivity index (χ2n) is 6.32. The van der Waals surface area contributed by atoms with Crippen LogP contribution in [0, 0.1) is 0 Å². The molecule has 1 N–H and O–H groups in total. The third kappa shape index (κ3) is 4.61. The molecule has 3 rings (SSSR count). The van der Waals surface area contributed by atoms with Crippen molar-refractivity contribution < 1.29 is 9.59 Å². The van der Waals surface area contributed by atoms with E-state index in [1.54, 1.807) is 24.9 Å². The smallest absolute Gasteiger partial charge is 0.254 e. The van der Waals surface area contributed by atoms with Crippen LogP contribution in [0.2, 0.25) is 0 Å². The maximum atomic E-state index is 13.0. The summed E-state index contributed by atoms with van der Waals surface area (Å²) in [6, 6.07) is 24.8. The van der Waals surface area contributed by atoms with Gasteiger partial charge in [0.15, 0.2) is 0 Å². The molecular formula is C23H22N2O2S. The summed E-state index contributed by atoms with van der Waals surface area (Å²) in [6.07, 6.45) is 1.96. The minimum Gasteiger partial charge on any atom is -0.332 e. The molecule has 28 heavy (non-hydrogen) atoms. The van der Waals surface area contributed by atoms with Crippen LogP contribution in [0.3, 0.4) is 0 Å². The molecular weight excluding hydrogens is 368 g/mol. The zero-order valence-corrected chi connectivity index (χ0v) is 16.7. The lowest BCUT2D eigenvalue weighted by Gasteiger charge is -2.19. The molecule has 0 heterocycles. The number of nitrogens with one attached hydrogen (secondary N) is 1. The van der Waals surface area contributed by atoms with Gasteiger partial charge in [-0.05, 0) is 35.6 Å². The molecule has 0 saturated heterocycles. The van der Waals surface area contributed by atoms with Gasteiger partial charge in [-0.1, -0.05) is 60.7 Å². The molecule has 0 radical (unpaired) electrons. The Kier molecular flexibility index (Phi) is 6.50. The Morgan fingerprint density at radius 1 is 0.893 bits per heavy atom. The third-order valence-electron chi connectivity index (χ3n) is 4.35. The fourth-order valence-electron chi connectivity index (χ4n) is 2.97. The molecule has 3 aromatic rings. The molecule has 0 unspecified atom stereocenters. The van der Waals surface area contributed by atoms with Gasteiger partial charge in [-0.2, -0.15) is 0 Å². The van der Waals surface area contributed by atoms with Crippen LogP contribution in [-0.2, 0) is 4.79 Å². The number of rotatable bonds is 6. The fraction of sp³-hybridized carbons (Fsp3) is 0.130. The Hall–Kier alpha value is -3.05. The van der Waals surface area contributed by atoms with Crippen LogP contribution in [0.4, 0.5) is 5.69 Å². The van der Waals surface area contributed by atoms with Gasteiger partial charge in [0.25, 0.3) is 5.91 Å². The Balaban J connectivity index is 1.74. The number of nitrogens with zero attached hydrogens (tertiary/aromatic N) is 1. The molecule has 0 fully saturated rings. The normalized spacial score (nSPS) is 10.4. The summed E-state index contributed by atoms with van der Waals surface area (Å²) in [5.74, 6) is -0.415. The first-order chi connectivity index (χ1) is 13.6. The minimum absolute atomic E-state index is 0.0231. The highest BCUT2D eigenvalue weighted by Crippen LogP contribution is 2.25. The maximum absolute atomic E-state index is 13.0. The molecule has 142 valence electrons. The van der Waals surface area contributed by atoms with E-state index in [-0.39, 0.29) is 18.4 Å². The lowest BCUT2D eigenvalue weighted by atomic mass is 9.99. The average Bonchev–Trinajstić information content (AvgIpc) is 2.74. The number of hydrogen-bond donors (Lipinski definition) is 1. The van der Waals surface area contributed by atoms with Gasteiger partial charge >= 0.3 is 0 Å². The molecule has 3 aromatic carbocycles. The quantitative estimate of drug-likeness (QED) is 0.616. The van der Waals surface area contributed by atoms with E-state index in [1.165, 1.54) is 4.90 Å². The number of likely N-dealkylation sites (N-methyl/N-ethyl adjacent to an activating group) is 1. The average molecular weight is 391 g/mol. The second kappa shape index (κ2) is 9.24. The van der Waals surface area contributed by atoms with Gasteiger partial charge < -0.3 is 10.2 Å². The van der Waals surface area contributed by atoms with Gasteiger partial charge in [-0.3, -0.25) is 9.59 Å². The first-order valence-electron chi connectivity index (χ1n) is 8.93. The Bertz CT molecular complexity index is 973. The van der Waals surface area contributed by atoms with Gasteiger partial charge in [-0.15, -0.1) is 11.8 Å². The van der Waals surface area contributed by atoms with E-state index >= 15 is 0 Å². The van der Waals surface area contributed by atoms with E-state index in [1.807, 2.05) is 79.1 Å². The lowest BCUT2D eigenvalue weighted by molar-refractivity contribution is -0.116. The first-order valence-corrected chi connectivity index (χ1v) is 10.2. The molecule has 0 bridgehead atoms. The van der Waals surface area contributed by atoms with Crippen LogP contribution in [0.15, 0.2) is 83.8 Å². The summed E-state index contributed by atoms with van der Waals surface area (Å²) < 4.78 is 0. The lowest BCUT2D eigenvalue weighted by Crippen LogP contribution is -2.35. The number of carbonyl (C=O) groups is 2. The molecule has 2 amide bonds. The van der Waals surface area contributed by atoms with E-state index in [9.17, 15) is 9.59 Å². The topological polar surface area (TPSA) is 49.4 Å². The van der Waals surface area contributed by atoms with Crippen LogP contribution >= 0.6 is 11.8 Å². The Morgan fingerprint density at radius 3 is 2.29 bits per heavy atom. The van der Waals surface area contributed by atoms with Gasteiger partial charge in [-0.25, -0.2) is 0 Å². The monoisotopic (exact) mass is 390 g/mol. The molecule has 5 heteroatoms. The molecule has 0 aliphatic heterocycles. The number of carbonyl (C=O) groups excluding carboxylic acids is 2. The Labute approximate surface area is 169 Å². The van der Waals surface area contributed by atoms with Crippen molar-refractivity contribution in [2.45, 2.75) is 4.90 Å². The van der Waals surface area contributed by atoms with E-state index in [0.29, 0.717) is 5.56 Å². The Morgan fingerprint density at radius 2 is 1.54 bits per heavy atom. The maximum Gasteiger partial charge on any atom is 0.254 e. The van der Waals surface area contributed by atoms with Crippen molar-refractivity contribution in [3.63, 3.8) is 0 Å². The summed E-state index contributed by atoms with van der Waals surface area (Å²) in [5.41, 5.74) is 3.16. The van der Waals surface area contributed by atoms with Crippen molar-refractivity contribution >= 4 is 29.3 Å². The summed E-state index contributed by atoms with van der Waals surface area (Å²) in [4.78, 5) is 27.9. The highest BCUT2D eigenvalue weighted by atomic mass is 32.2. The fourth-order valence-corrected chi connectivity index (χ4v) is 3.52. The van der Waals surface area contributed by atoms with Crippen molar-refractivity contribution in [1.82, 2.24) is 4.90 Å². The molecule has 0 atom stereocenters.